The molecular formula is C30H35F3N4O4S. The number of fused-ring (bicyclic) bond motifs is 2. The number of alkyl halides is 3. The lowest BCUT2D eigenvalue weighted by molar-refractivity contribution is -0.158. The van der Waals surface area contributed by atoms with E-state index in [4.69, 9.17) is 4.74 Å². The molecule has 3 aromatic rings. The summed E-state index contributed by atoms with van der Waals surface area (Å²) in [5.41, 5.74) is 3.38. The summed E-state index contributed by atoms with van der Waals surface area (Å²) in [5, 5.41) is 2.84. The van der Waals surface area contributed by atoms with Crippen molar-refractivity contribution >= 4 is 26.8 Å². The van der Waals surface area contributed by atoms with Gasteiger partial charge in [-0.1, -0.05) is 24.6 Å². The molecule has 1 fully saturated rings. The van der Waals surface area contributed by atoms with E-state index in [1.807, 2.05) is 12.1 Å². The first-order chi connectivity index (χ1) is 20.0. The monoisotopic (exact) mass is 604 g/mol. The highest BCUT2D eigenvalue weighted by molar-refractivity contribution is 7.89. The van der Waals surface area contributed by atoms with Crippen LogP contribution < -0.4 is 14.8 Å². The van der Waals surface area contributed by atoms with Crippen LogP contribution in [0.3, 0.4) is 0 Å². The number of likely N-dealkylation sites (tertiary alicyclic amines) is 1. The van der Waals surface area contributed by atoms with Crippen LogP contribution in [0, 0.1) is 0 Å². The van der Waals surface area contributed by atoms with E-state index in [0.717, 1.165) is 49.7 Å². The summed E-state index contributed by atoms with van der Waals surface area (Å²) >= 11 is 0. The Morgan fingerprint density at radius 3 is 2.64 bits per heavy atom. The van der Waals surface area contributed by atoms with E-state index in [9.17, 15) is 26.4 Å². The van der Waals surface area contributed by atoms with Crippen molar-refractivity contribution in [2.24, 2.45) is 0 Å². The number of methoxy groups -OCH3 is 1. The summed E-state index contributed by atoms with van der Waals surface area (Å²) in [4.78, 5) is 19.1. The Balaban J connectivity index is 1.30. The standard InChI is InChI=1S/C30H35F3N4O4S/c1-41-25-12-13-26(23-8-6-14-34-29(23)25)42(39,40)36-27(30(31,32)33)18-28(38)35-24-9-5-7-21-17-20(10-11-22(21)24)19-37-15-3-2-4-16-37/h6,8,10-14,17,24,27,36H,2-5,7,9,15-16,18-19H2,1H3,(H,35,38)/t24-,27-/m1/s1. The van der Waals surface area contributed by atoms with Crippen LogP contribution in [0.25, 0.3) is 10.9 Å². The quantitative estimate of drug-likeness (QED) is 0.356. The number of ether oxygens (including phenoxy) is 1. The van der Waals surface area contributed by atoms with Gasteiger partial charge in [0.05, 0.1) is 24.5 Å². The number of carbonyl (C=O) groups excluding carboxylic acids is 1. The van der Waals surface area contributed by atoms with Crippen molar-refractivity contribution in [2.75, 3.05) is 20.2 Å². The number of sulfonamides is 1. The molecule has 1 aromatic heterocycles. The molecule has 2 heterocycles. The van der Waals surface area contributed by atoms with Crippen LogP contribution in [-0.4, -0.2) is 56.6 Å². The molecule has 2 aromatic carbocycles. The van der Waals surface area contributed by atoms with Crippen molar-refractivity contribution in [1.29, 1.82) is 0 Å². The van der Waals surface area contributed by atoms with Gasteiger partial charge in [-0.05, 0) is 86.1 Å². The Labute approximate surface area is 243 Å². The second-order valence-corrected chi connectivity index (χ2v) is 12.6. The van der Waals surface area contributed by atoms with Gasteiger partial charge in [0.25, 0.3) is 0 Å². The molecule has 0 radical (unpaired) electrons. The van der Waals surface area contributed by atoms with E-state index in [2.05, 4.69) is 21.3 Å². The molecule has 0 spiro atoms. The zero-order valence-corrected chi connectivity index (χ0v) is 24.2. The minimum Gasteiger partial charge on any atom is -0.494 e. The predicted molar refractivity (Wildman–Crippen MR) is 152 cm³/mol. The number of halogens is 3. The van der Waals surface area contributed by atoms with Crippen molar-refractivity contribution in [3.63, 3.8) is 0 Å². The maximum absolute atomic E-state index is 14.1. The van der Waals surface area contributed by atoms with Gasteiger partial charge in [0.2, 0.25) is 15.9 Å². The fraction of sp³-hybridized carbons (Fsp3) is 0.467. The lowest BCUT2D eigenvalue weighted by Crippen LogP contribution is -2.48. The molecule has 0 bridgehead atoms. The van der Waals surface area contributed by atoms with E-state index >= 15 is 0 Å². The lowest BCUT2D eigenvalue weighted by atomic mass is 9.86. The molecule has 1 aliphatic heterocycles. The molecule has 1 saturated heterocycles. The van der Waals surface area contributed by atoms with Crippen LogP contribution in [0.1, 0.15) is 61.3 Å². The summed E-state index contributed by atoms with van der Waals surface area (Å²) in [6.45, 7) is 3.01. The van der Waals surface area contributed by atoms with Crippen LogP contribution in [0.4, 0.5) is 13.2 Å². The number of piperidine rings is 1. The van der Waals surface area contributed by atoms with Crippen molar-refractivity contribution in [3.8, 4) is 5.75 Å². The number of amides is 1. The molecule has 12 heteroatoms. The van der Waals surface area contributed by atoms with Crippen LogP contribution in [0.15, 0.2) is 53.6 Å². The second-order valence-electron chi connectivity index (χ2n) is 11.0. The third kappa shape index (κ3) is 6.87. The van der Waals surface area contributed by atoms with Crippen LogP contribution in [0.2, 0.25) is 0 Å². The molecule has 226 valence electrons. The van der Waals surface area contributed by atoms with Crippen LogP contribution in [0.5, 0.6) is 5.75 Å². The molecule has 8 nitrogen and oxygen atoms in total. The van der Waals surface area contributed by atoms with Gasteiger partial charge in [-0.3, -0.25) is 14.7 Å². The summed E-state index contributed by atoms with van der Waals surface area (Å²) in [5.74, 6) is -0.598. The van der Waals surface area contributed by atoms with E-state index in [-0.39, 0.29) is 21.5 Å². The van der Waals surface area contributed by atoms with Gasteiger partial charge < -0.3 is 10.1 Å². The molecule has 2 atom stereocenters. The summed E-state index contributed by atoms with van der Waals surface area (Å²) < 4.78 is 75.5. The second kappa shape index (κ2) is 12.6. The first-order valence-corrected chi connectivity index (χ1v) is 15.7. The van der Waals surface area contributed by atoms with Crippen LogP contribution in [-0.2, 0) is 27.8 Å². The van der Waals surface area contributed by atoms with Gasteiger partial charge in [-0.2, -0.15) is 17.9 Å². The Hall–Kier alpha value is -3.22. The number of rotatable bonds is 9. The van der Waals surface area contributed by atoms with Crippen molar-refractivity contribution in [3.05, 3.63) is 65.4 Å². The van der Waals surface area contributed by atoms with Gasteiger partial charge >= 0.3 is 6.18 Å². The number of benzene rings is 2. The predicted octanol–water partition coefficient (Wildman–Crippen LogP) is 5.02. The van der Waals surface area contributed by atoms with E-state index in [1.54, 1.807) is 4.72 Å². The third-order valence-corrected chi connectivity index (χ3v) is 9.53. The summed E-state index contributed by atoms with van der Waals surface area (Å²) in [6, 6.07) is 8.49. The van der Waals surface area contributed by atoms with Crippen molar-refractivity contribution in [2.45, 2.75) is 74.6 Å². The van der Waals surface area contributed by atoms with Crippen molar-refractivity contribution in [1.82, 2.24) is 19.9 Å². The topological polar surface area (TPSA) is 101 Å². The SMILES string of the molecule is COc1ccc(S(=O)(=O)N[C@H](CC(=O)N[C@@H]2CCCc3cc(CN4CCCCC4)ccc32)C(F)(F)F)c2cccnc12. The highest BCUT2D eigenvalue weighted by atomic mass is 32.2. The van der Waals surface area contributed by atoms with E-state index < -0.39 is 40.6 Å². The molecule has 2 N–H and O–H groups in total. The fourth-order valence-corrected chi connectivity index (χ4v) is 7.34. The summed E-state index contributed by atoms with van der Waals surface area (Å²) in [6.07, 6.45) is 1.21. The average Bonchev–Trinajstić information content (AvgIpc) is 2.96. The third-order valence-electron chi connectivity index (χ3n) is 8.00. The minimum absolute atomic E-state index is 0.105. The number of hydrogen-bond acceptors (Lipinski definition) is 6. The Morgan fingerprint density at radius 1 is 1.12 bits per heavy atom. The smallest absolute Gasteiger partial charge is 0.405 e. The number of aromatic nitrogens is 1. The van der Waals surface area contributed by atoms with Gasteiger partial charge in [-0.25, -0.2) is 8.42 Å². The molecule has 5 rings (SSSR count). The van der Waals surface area contributed by atoms with Gasteiger partial charge in [0.15, 0.2) is 0 Å². The average molecular weight is 605 g/mol. The molecular weight excluding hydrogens is 569 g/mol. The van der Waals surface area contributed by atoms with Gasteiger partial charge in [-0.15, -0.1) is 0 Å². The van der Waals surface area contributed by atoms with Gasteiger partial charge in [0, 0.05) is 18.1 Å². The number of carbonyl (C=O) groups is 1. The fourth-order valence-electron chi connectivity index (χ4n) is 5.92. The Morgan fingerprint density at radius 2 is 1.90 bits per heavy atom. The zero-order chi connectivity index (χ0) is 29.9. The Bertz CT molecular complexity index is 1540. The van der Waals surface area contributed by atoms with E-state index in [0.29, 0.717) is 6.42 Å². The van der Waals surface area contributed by atoms with Crippen molar-refractivity contribution < 1.29 is 31.1 Å². The zero-order valence-electron chi connectivity index (χ0n) is 23.4. The molecule has 1 aliphatic carbocycles. The highest BCUT2D eigenvalue weighted by Crippen LogP contribution is 2.33. The number of pyridine rings is 1. The maximum atomic E-state index is 14.1. The summed E-state index contributed by atoms with van der Waals surface area (Å²) in [7, 11) is -3.31. The van der Waals surface area contributed by atoms with Crippen LogP contribution >= 0.6 is 0 Å². The number of nitrogens with one attached hydrogen (secondary N) is 2. The molecule has 0 saturated carbocycles. The lowest BCUT2D eigenvalue weighted by Gasteiger charge is -2.30. The molecule has 42 heavy (non-hydrogen) atoms. The number of aryl methyl sites for hydroxylation is 1. The molecule has 1 amide bonds. The largest absolute Gasteiger partial charge is 0.494 e. The molecule has 0 unspecified atom stereocenters. The number of hydrogen-bond donors (Lipinski definition) is 2. The Kier molecular flexibility index (Phi) is 9.05. The minimum atomic E-state index is -5.00. The highest BCUT2D eigenvalue weighted by Gasteiger charge is 2.44. The number of nitrogens with zero attached hydrogens (tertiary/aromatic N) is 2. The maximum Gasteiger partial charge on any atom is 0.405 e. The molecule has 2 aliphatic rings. The first-order valence-electron chi connectivity index (χ1n) is 14.2. The van der Waals surface area contributed by atoms with E-state index in [1.165, 1.54) is 56.3 Å². The van der Waals surface area contributed by atoms with Gasteiger partial charge in [0.1, 0.15) is 17.3 Å². The first kappa shape index (κ1) is 30.2. The normalized spacial score (nSPS) is 18.8.